The lowest BCUT2D eigenvalue weighted by Crippen LogP contribution is -2.37. The van der Waals surface area contributed by atoms with Crippen molar-refractivity contribution in [3.05, 3.63) is 54.1 Å². The molecule has 2 aromatic carbocycles. The fraction of sp³-hybridized carbons (Fsp3) is 0.381. The Morgan fingerprint density at radius 2 is 1.61 bits per heavy atom. The summed E-state index contributed by atoms with van der Waals surface area (Å²) >= 11 is 0. The van der Waals surface area contributed by atoms with Crippen LogP contribution in [0.5, 0.6) is 5.75 Å². The largest absolute Gasteiger partial charge is 0.497 e. The van der Waals surface area contributed by atoms with Gasteiger partial charge in [0.2, 0.25) is 15.9 Å². The summed E-state index contributed by atoms with van der Waals surface area (Å²) in [6.45, 7) is 7.85. The van der Waals surface area contributed by atoms with E-state index in [1.807, 2.05) is 12.1 Å². The number of amides is 1. The number of hydrogen-bond acceptors (Lipinski definition) is 4. The third kappa shape index (κ3) is 5.33. The number of likely N-dealkylation sites (N-methyl/N-ethyl adjacent to an activating group) is 1. The van der Waals surface area contributed by atoms with E-state index >= 15 is 0 Å². The first-order chi connectivity index (χ1) is 13.1. The van der Waals surface area contributed by atoms with Gasteiger partial charge < -0.3 is 10.1 Å². The van der Waals surface area contributed by atoms with Crippen LogP contribution in [-0.2, 0) is 20.2 Å². The molecule has 0 aromatic heterocycles. The highest BCUT2D eigenvalue weighted by Crippen LogP contribution is 2.24. The smallest absolute Gasteiger partial charge is 0.243 e. The van der Waals surface area contributed by atoms with Crippen molar-refractivity contribution in [2.45, 2.75) is 38.0 Å². The Morgan fingerprint density at radius 3 is 2.07 bits per heavy atom. The van der Waals surface area contributed by atoms with Crippen molar-refractivity contribution in [1.29, 1.82) is 0 Å². The van der Waals surface area contributed by atoms with Crippen LogP contribution in [0.1, 0.15) is 33.3 Å². The average Bonchev–Trinajstić information content (AvgIpc) is 2.66. The number of sulfonamides is 1. The second-order valence-corrected chi connectivity index (χ2v) is 9.42. The van der Waals surface area contributed by atoms with E-state index in [1.165, 1.54) is 0 Å². The Bertz CT molecular complexity index is 899. The van der Waals surface area contributed by atoms with Gasteiger partial charge in [-0.2, -0.15) is 4.31 Å². The lowest BCUT2D eigenvalue weighted by molar-refractivity contribution is -0.116. The monoisotopic (exact) mass is 404 g/mol. The van der Waals surface area contributed by atoms with E-state index in [2.05, 4.69) is 26.1 Å². The van der Waals surface area contributed by atoms with Crippen LogP contribution in [0, 0.1) is 0 Å². The van der Waals surface area contributed by atoms with E-state index in [-0.39, 0.29) is 23.4 Å². The number of rotatable bonds is 7. The van der Waals surface area contributed by atoms with Gasteiger partial charge in [0.05, 0.1) is 18.6 Å². The summed E-state index contributed by atoms with van der Waals surface area (Å²) in [6, 6.07) is 13.7. The van der Waals surface area contributed by atoms with E-state index in [4.69, 9.17) is 4.74 Å². The summed E-state index contributed by atoms with van der Waals surface area (Å²) in [7, 11) is -2.20. The second-order valence-electron chi connectivity index (χ2n) is 7.48. The molecule has 0 saturated heterocycles. The molecule has 0 saturated carbocycles. The van der Waals surface area contributed by atoms with Gasteiger partial charge in [0.1, 0.15) is 5.75 Å². The quantitative estimate of drug-likeness (QED) is 0.764. The number of carbonyl (C=O) groups excluding carboxylic acids is 1. The fourth-order valence-electron chi connectivity index (χ4n) is 2.68. The minimum Gasteiger partial charge on any atom is -0.497 e. The maximum Gasteiger partial charge on any atom is 0.243 e. The fourth-order valence-corrected chi connectivity index (χ4v) is 4.08. The predicted molar refractivity (Wildman–Crippen MR) is 111 cm³/mol. The number of benzene rings is 2. The average molecular weight is 405 g/mol. The van der Waals surface area contributed by atoms with Crippen molar-refractivity contribution in [1.82, 2.24) is 4.31 Å². The summed E-state index contributed by atoms with van der Waals surface area (Å²) in [5.74, 6) is 0.274. The van der Waals surface area contributed by atoms with Crippen LogP contribution in [-0.4, -0.2) is 38.8 Å². The van der Waals surface area contributed by atoms with E-state index in [9.17, 15) is 13.2 Å². The number of nitrogens with zero attached hydrogens (tertiary/aromatic N) is 1. The van der Waals surface area contributed by atoms with Crippen LogP contribution < -0.4 is 10.1 Å². The molecule has 0 heterocycles. The van der Waals surface area contributed by atoms with E-state index in [0.717, 1.165) is 9.87 Å². The highest BCUT2D eigenvalue weighted by molar-refractivity contribution is 7.89. The van der Waals surface area contributed by atoms with Crippen LogP contribution in [0.25, 0.3) is 0 Å². The molecule has 0 fully saturated rings. The first-order valence-corrected chi connectivity index (χ1v) is 10.6. The lowest BCUT2D eigenvalue weighted by atomic mass is 9.87. The molecule has 1 amide bonds. The molecule has 1 N–H and O–H groups in total. The van der Waals surface area contributed by atoms with Crippen LogP contribution >= 0.6 is 0 Å². The van der Waals surface area contributed by atoms with Crippen molar-refractivity contribution < 1.29 is 17.9 Å². The Morgan fingerprint density at radius 1 is 1.04 bits per heavy atom. The Balaban J connectivity index is 2.12. The molecule has 28 heavy (non-hydrogen) atoms. The lowest BCUT2D eigenvalue weighted by Gasteiger charge is -2.22. The summed E-state index contributed by atoms with van der Waals surface area (Å²) in [4.78, 5) is 12.5. The van der Waals surface area contributed by atoms with Crippen LogP contribution in [0.2, 0.25) is 0 Å². The number of hydrogen-bond donors (Lipinski definition) is 1. The Hall–Kier alpha value is -2.38. The van der Waals surface area contributed by atoms with Crippen molar-refractivity contribution in [2.75, 3.05) is 25.5 Å². The molecule has 2 aromatic rings. The highest BCUT2D eigenvalue weighted by atomic mass is 32.2. The summed E-state index contributed by atoms with van der Waals surface area (Å²) in [5, 5.41) is 2.71. The van der Waals surface area contributed by atoms with Crippen molar-refractivity contribution >= 4 is 21.6 Å². The molecule has 0 unspecified atom stereocenters. The molecule has 0 aliphatic carbocycles. The van der Waals surface area contributed by atoms with Crippen molar-refractivity contribution in [3.63, 3.8) is 0 Å². The predicted octanol–water partition coefficient (Wildman–Crippen LogP) is 3.64. The molecule has 0 radical (unpaired) electrons. The van der Waals surface area contributed by atoms with Crippen LogP contribution in [0.4, 0.5) is 5.69 Å². The van der Waals surface area contributed by atoms with Crippen molar-refractivity contribution in [3.8, 4) is 5.75 Å². The van der Waals surface area contributed by atoms with Crippen LogP contribution in [0.3, 0.4) is 0 Å². The number of anilines is 1. The maximum atomic E-state index is 12.9. The zero-order valence-corrected chi connectivity index (χ0v) is 17.8. The minimum absolute atomic E-state index is 0.0645. The molecule has 2 rings (SSSR count). The third-order valence-electron chi connectivity index (χ3n) is 4.40. The second kappa shape index (κ2) is 8.75. The molecule has 0 aliphatic rings. The minimum atomic E-state index is -3.76. The third-order valence-corrected chi connectivity index (χ3v) is 6.34. The Kier molecular flexibility index (Phi) is 6.85. The molecule has 6 nitrogen and oxygen atoms in total. The number of methoxy groups -OCH3 is 1. The van der Waals surface area contributed by atoms with E-state index in [1.54, 1.807) is 50.4 Å². The Labute approximate surface area is 167 Å². The number of ether oxygens (including phenoxy) is 1. The zero-order chi connectivity index (χ0) is 20.9. The molecule has 152 valence electrons. The van der Waals surface area contributed by atoms with Gasteiger partial charge in [0, 0.05) is 12.2 Å². The number of nitrogens with one attached hydrogen (secondary N) is 1. The maximum absolute atomic E-state index is 12.9. The SMILES string of the molecule is CCN(CC(=O)Nc1ccc(OC)cc1)S(=O)(=O)c1ccc(C(C)(C)C)cc1. The van der Waals surface area contributed by atoms with Gasteiger partial charge in [-0.1, -0.05) is 39.8 Å². The van der Waals surface area contributed by atoms with Crippen LogP contribution in [0.15, 0.2) is 53.4 Å². The summed E-state index contributed by atoms with van der Waals surface area (Å²) in [6.07, 6.45) is 0. The molecule has 0 atom stereocenters. The first-order valence-electron chi connectivity index (χ1n) is 9.12. The van der Waals surface area contributed by atoms with Gasteiger partial charge in [-0.25, -0.2) is 8.42 Å². The van der Waals surface area contributed by atoms with Gasteiger partial charge in [0.15, 0.2) is 0 Å². The molecular formula is C21H28N2O4S. The molecular weight excluding hydrogens is 376 g/mol. The normalized spacial score (nSPS) is 12.1. The van der Waals surface area contributed by atoms with Gasteiger partial charge >= 0.3 is 0 Å². The van der Waals surface area contributed by atoms with E-state index < -0.39 is 15.9 Å². The van der Waals surface area contributed by atoms with Gasteiger partial charge in [-0.15, -0.1) is 0 Å². The standard InChI is InChI=1S/C21H28N2O4S/c1-6-23(15-20(24)22-17-9-11-18(27-5)12-10-17)28(25,26)19-13-7-16(8-14-19)21(2,3)4/h7-14H,6,15H2,1-5H3,(H,22,24). The number of carbonyl (C=O) groups is 1. The summed E-state index contributed by atoms with van der Waals surface area (Å²) in [5.41, 5.74) is 1.56. The van der Waals surface area contributed by atoms with Gasteiger partial charge in [-0.3, -0.25) is 4.79 Å². The molecule has 7 heteroatoms. The zero-order valence-electron chi connectivity index (χ0n) is 17.0. The summed E-state index contributed by atoms with van der Waals surface area (Å²) < 4.78 is 32.1. The van der Waals surface area contributed by atoms with Gasteiger partial charge in [-0.05, 0) is 47.4 Å². The molecule has 0 aliphatic heterocycles. The molecule has 0 spiro atoms. The van der Waals surface area contributed by atoms with E-state index in [0.29, 0.717) is 11.4 Å². The molecule has 0 bridgehead atoms. The first kappa shape index (κ1) is 21.9. The van der Waals surface area contributed by atoms with Crippen molar-refractivity contribution in [2.24, 2.45) is 0 Å². The van der Waals surface area contributed by atoms with Gasteiger partial charge in [0.25, 0.3) is 0 Å². The highest BCUT2D eigenvalue weighted by Gasteiger charge is 2.26. The topological polar surface area (TPSA) is 75.7 Å².